The molecule has 0 bridgehead atoms. The maximum absolute atomic E-state index is 12.3. The van der Waals surface area contributed by atoms with E-state index >= 15 is 0 Å². The van der Waals surface area contributed by atoms with E-state index in [-0.39, 0.29) is 12.3 Å². The zero-order valence-electron chi connectivity index (χ0n) is 14.2. The first-order valence-corrected chi connectivity index (χ1v) is 8.91. The number of carbonyl (C=O) groups excluding carboxylic acids is 1. The van der Waals surface area contributed by atoms with Crippen molar-refractivity contribution in [1.82, 2.24) is 14.8 Å². The Morgan fingerprint density at radius 2 is 2.04 bits per heavy atom. The Bertz CT molecular complexity index is 921. The van der Waals surface area contributed by atoms with Crippen LogP contribution in [-0.4, -0.2) is 27.8 Å². The van der Waals surface area contributed by atoms with Crippen molar-refractivity contribution in [2.45, 2.75) is 6.42 Å². The van der Waals surface area contributed by atoms with Crippen molar-refractivity contribution < 1.29 is 9.53 Å². The molecule has 0 saturated heterocycles. The molecule has 1 aromatic carbocycles. The van der Waals surface area contributed by atoms with Crippen LogP contribution in [0.1, 0.15) is 5.56 Å². The molecule has 1 amide bonds. The molecule has 2 heterocycles. The number of aryl methyl sites for hydroxylation is 1. The molecule has 8 heteroatoms. The van der Waals surface area contributed by atoms with Crippen LogP contribution in [-0.2, 0) is 18.3 Å². The highest BCUT2D eigenvalue weighted by Crippen LogP contribution is 2.34. The molecular formula is C18H16BrClN4O2. The van der Waals surface area contributed by atoms with Gasteiger partial charge in [0.05, 0.1) is 47.3 Å². The Kier molecular flexibility index (Phi) is 5.58. The quantitative estimate of drug-likeness (QED) is 0.655. The standard InChI is InChI=1S/C18H16BrClN4O2/c1-24-17(15(19)10-22-24)14-8-13(9-21-18(14)26-2)23-16(25)7-11-3-5-12(20)6-4-11/h3-6,8-10H,7H2,1-2H3,(H,23,25). The number of pyridine rings is 1. The SMILES string of the molecule is COc1ncc(NC(=O)Cc2ccc(Cl)cc2)cc1-c1c(Br)cnn1C. The Morgan fingerprint density at radius 1 is 1.31 bits per heavy atom. The predicted molar refractivity (Wildman–Crippen MR) is 104 cm³/mol. The maximum atomic E-state index is 12.3. The average Bonchev–Trinajstić information content (AvgIpc) is 2.95. The third-order valence-corrected chi connectivity index (χ3v) is 4.59. The minimum atomic E-state index is -0.144. The summed E-state index contributed by atoms with van der Waals surface area (Å²) in [6.07, 6.45) is 3.50. The number of hydrogen-bond acceptors (Lipinski definition) is 4. The van der Waals surface area contributed by atoms with Crippen LogP contribution in [0.25, 0.3) is 11.3 Å². The van der Waals surface area contributed by atoms with Crippen molar-refractivity contribution in [3.63, 3.8) is 0 Å². The molecule has 0 fully saturated rings. The fourth-order valence-corrected chi connectivity index (χ4v) is 3.25. The van der Waals surface area contributed by atoms with Gasteiger partial charge in [-0.3, -0.25) is 9.48 Å². The lowest BCUT2D eigenvalue weighted by Crippen LogP contribution is -2.14. The molecule has 3 aromatic rings. The van der Waals surface area contributed by atoms with Crippen LogP contribution >= 0.6 is 27.5 Å². The van der Waals surface area contributed by atoms with Crippen molar-refractivity contribution in [1.29, 1.82) is 0 Å². The second kappa shape index (κ2) is 7.88. The van der Waals surface area contributed by atoms with Gasteiger partial charge >= 0.3 is 0 Å². The molecule has 0 spiro atoms. The van der Waals surface area contributed by atoms with Gasteiger partial charge in [0.2, 0.25) is 11.8 Å². The number of benzene rings is 1. The van der Waals surface area contributed by atoms with Crippen LogP contribution in [0.5, 0.6) is 5.88 Å². The molecule has 3 rings (SSSR count). The van der Waals surface area contributed by atoms with Gasteiger partial charge in [-0.25, -0.2) is 4.98 Å². The monoisotopic (exact) mass is 434 g/mol. The number of methoxy groups -OCH3 is 1. The molecule has 6 nitrogen and oxygen atoms in total. The maximum Gasteiger partial charge on any atom is 0.228 e. The second-order valence-electron chi connectivity index (χ2n) is 5.60. The van der Waals surface area contributed by atoms with E-state index < -0.39 is 0 Å². The van der Waals surface area contributed by atoms with Gasteiger partial charge in [-0.2, -0.15) is 5.10 Å². The number of carbonyl (C=O) groups is 1. The van der Waals surface area contributed by atoms with Crippen molar-refractivity contribution in [2.75, 3.05) is 12.4 Å². The van der Waals surface area contributed by atoms with Crippen molar-refractivity contribution >= 4 is 39.1 Å². The highest BCUT2D eigenvalue weighted by Gasteiger charge is 2.16. The van der Waals surface area contributed by atoms with Crippen molar-refractivity contribution in [3.05, 3.63) is 57.8 Å². The van der Waals surface area contributed by atoms with E-state index in [2.05, 4.69) is 31.3 Å². The molecule has 0 radical (unpaired) electrons. The van der Waals surface area contributed by atoms with E-state index in [0.29, 0.717) is 16.6 Å². The van der Waals surface area contributed by atoms with Gasteiger partial charge in [0.1, 0.15) is 0 Å². The number of anilines is 1. The summed E-state index contributed by atoms with van der Waals surface area (Å²) in [4.78, 5) is 16.6. The Morgan fingerprint density at radius 3 is 2.65 bits per heavy atom. The molecule has 0 atom stereocenters. The summed E-state index contributed by atoms with van der Waals surface area (Å²) in [5.74, 6) is 0.305. The first-order chi connectivity index (χ1) is 12.5. The third kappa shape index (κ3) is 4.05. The molecule has 0 unspecified atom stereocenters. The number of ether oxygens (including phenoxy) is 1. The molecular weight excluding hydrogens is 420 g/mol. The number of amides is 1. The predicted octanol–water partition coefficient (Wildman–Crippen LogP) is 4.09. The van der Waals surface area contributed by atoms with E-state index in [1.54, 1.807) is 36.3 Å². The van der Waals surface area contributed by atoms with E-state index in [9.17, 15) is 4.79 Å². The van der Waals surface area contributed by atoms with Crippen LogP contribution in [0.3, 0.4) is 0 Å². The molecule has 134 valence electrons. The normalized spacial score (nSPS) is 10.6. The highest BCUT2D eigenvalue weighted by atomic mass is 79.9. The molecule has 1 N–H and O–H groups in total. The zero-order valence-corrected chi connectivity index (χ0v) is 16.5. The summed E-state index contributed by atoms with van der Waals surface area (Å²) < 4.78 is 7.87. The number of hydrogen-bond donors (Lipinski definition) is 1. The highest BCUT2D eigenvalue weighted by molar-refractivity contribution is 9.10. The van der Waals surface area contributed by atoms with Crippen molar-refractivity contribution in [2.24, 2.45) is 7.05 Å². The number of nitrogens with zero attached hydrogens (tertiary/aromatic N) is 3. The first kappa shape index (κ1) is 18.4. The Labute approximate surface area is 164 Å². The molecule has 0 aliphatic rings. The molecule has 2 aromatic heterocycles. The summed E-state index contributed by atoms with van der Waals surface area (Å²) in [5, 5.41) is 7.71. The van der Waals surface area contributed by atoms with Crippen LogP contribution in [0.15, 0.2) is 47.2 Å². The molecule has 26 heavy (non-hydrogen) atoms. The molecule has 0 saturated carbocycles. The largest absolute Gasteiger partial charge is 0.481 e. The van der Waals surface area contributed by atoms with Crippen LogP contribution in [0.4, 0.5) is 5.69 Å². The number of rotatable bonds is 5. The molecule has 0 aliphatic carbocycles. The Hall–Kier alpha value is -2.38. The lowest BCUT2D eigenvalue weighted by molar-refractivity contribution is -0.115. The van der Waals surface area contributed by atoms with E-state index in [0.717, 1.165) is 21.3 Å². The first-order valence-electron chi connectivity index (χ1n) is 7.74. The Balaban J connectivity index is 1.83. The summed E-state index contributed by atoms with van der Waals surface area (Å²) >= 11 is 9.34. The minimum absolute atomic E-state index is 0.144. The van der Waals surface area contributed by atoms with Gasteiger partial charge in [-0.15, -0.1) is 0 Å². The van der Waals surface area contributed by atoms with E-state index in [4.69, 9.17) is 16.3 Å². The van der Waals surface area contributed by atoms with Crippen molar-refractivity contribution in [3.8, 4) is 17.1 Å². The van der Waals surface area contributed by atoms with E-state index in [1.807, 2.05) is 25.2 Å². The van der Waals surface area contributed by atoms with E-state index in [1.165, 1.54) is 0 Å². The smallest absolute Gasteiger partial charge is 0.228 e. The third-order valence-electron chi connectivity index (χ3n) is 3.76. The van der Waals surface area contributed by atoms with Crippen LogP contribution in [0, 0.1) is 0 Å². The van der Waals surface area contributed by atoms with Gasteiger partial charge in [-0.1, -0.05) is 23.7 Å². The van der Waals surface area contributed by atoms with Crippen LogP contribution in [0.2, 0.25) is 5.02 Å². The zero-order chi connectivity index (χ0) is 18.7. The van der Waals surface area contributed by atoms with Crippen LogP contribution < -0.4 is 10.1 Å². The summed E-state index contributed by atoms with van der Waals surface area (Å²) in [7, 11) is 3.38. The lowest BCUT2D eigenvalue weighted by atomic mass is 10.1. The summed E-state index contributed by atoms with van der Waals surface area (Å²) in [5.41, 5.74) is 2.99. The second-order valence-corrected chi connectivity index (χ2v) is 6.89. The fourth-order valence-electron chi connectivity index (χ4n) is 2.56. The summed E-state index contributed by atoms with van der Waals surface area (Å²) in [6.45, 7) is 0. The van der Waals surface area contributed by atoms with Gasteiger partial charge < -0.3 is 10.1 Å². The van der Waals surface area contributed by atoms with Gasteiger partial charge in [0, 0.05) is 12.1 Å². The number of nitrogens with one attached hydrogen (secondary N) is 1. The number of aromatic nitrogens is 3. The fraction of sp³-hybridized carbons (Fsp3) is 0.167. The topological polar surface area (TPSA) is 69.0 Å². The number of halogens is 2. The average molecular weight is 436 g/mol. The van der Waals surface area contributed by atoms with Gasteiger partial charge in [-0.05, 0) is 39.7 Å². The molecule has 0 aliphatic heterocycles. The van der Waals surface area contributed by atoms with Gasteiger partial charge in [0.15, 0.2) is 0 Å². The minimum Gasteiger partial charge on any atom is -0.481 e. The van der Waals surface area contributed by atoms with Gasteiger partial charge in [0.25, 0.3) is 0 Å². The lowest BCUT2D eigenvalue weighted by Gasteiger charge is -2.12. The summed E-state index contributed by atoms with van der Waals surface area (Å²) in [6, 6.07) is 8.99.